The fourth-order valence-electron chi connectivity index (χ4n) is 3.70. The second-order valence-electron chi connectivity index (χ2n) is 7.39. The summed E-state index contributed by atoms with van der Waals surface area (Å²) in [5, 5.41) is 8.81. The van der Waals surface area contributed by atoms with E-state index in [9.17, 15) is 4.79 Å². The molecule has 0 aliphatic heterocycles. The highest BCUT2D eigenvalue weighted by Crippen LogP contribution is 2.21. The normalized spacial score (nSPS) is 11.4. The van der Waals surface area contributed by atoms with Gasteiger partial charge >= 0.3 is 0 Å². The van der Waals surface area contributed by atoms with Crippen LogP contribution in [0.3, 0.4) is 0 Å². The van der Waals surface area contributed by atoms with E-state index in [2.05, 4.69) is 52.6 Å². The smallest absolute Gasteiger partial charge is 0.191 e. The first-order chi connectivity index (χ1) is 13.6. The fourth-order valence-corrected chi connectivity index (χ4v) is 3.70. The number of pyridine rings is 1. The van der Waals surface area contributed by atoms with Crippen LogP contribution in [0.15, 0.2) is 53.3 Å². The molecule has 0 radical (unpaired) electrons. The minimum absolute atomic E-state index is 0.0410. The van der Waals surface area contributed by atoms with Gasteiger partial charge in [0.25, 0.3) is 0 Å². The number of aromatic nitrogens is 2. The Bertz CT molecular complexity index is 1170. The van der Waals surface area contributed by atoms with Crippen LogP contribution in [0, 0.1) is 13.8 Å². The lowest BCUT2D eigenvalue weighted by Crippen LogP contribution is -2.18. The van der Waals surface area contributed by atoms with E-state index in [1.165, 1.54) is 27.7 Å². The minimum atomic E-state index is 0.0410. The second kappa shape index (κ2) is 7.90. The van der Waals surface area contributed by atoms with Crippen LogP contribution < -0.4 is 16.1 Å². The van der Waals surface area contributed by atoms with Crippen molar-refractivity contribution in [2.24, 2.45) is 0 Å². The lowest BCUT2D eigenvalue weighted by atomic mass is 10.1. The van der Waals surface area contributed by atoms with Gasteiger partial charge in [-0.15, -0.1) is 0 Å². The van der Waals surface area contributed by atoms with E-state index >= 15 is 0 Å². The van der Waals surface area contributed by atoms with E-state index in [0.29, 0.717) is 0 Å². The third-order valence-electron chi connectivity index (χ3n) is 5.04. The molecule has 0 aliphatic carbocycles. The molecule has 4 aromatic rings. The molecule has 144 valence electrons. The highest BCUT2D eigenvalue weighted by atomic mass is 16.1. The zero-order valence-electron chi connectivity index (χ0n) is 16.4. The number of hydrogen-bond donors (Lipinski definition) is 4. The van der Waals surface area contributed by atoms with Crippen molar-refractivity contribution in [1.82, 2.24) is 15.3 Å². The zero-order chi connectivity index (χ0) is 19.5. The van der Waals surface area contributed by atoms with Crippen LogP contribution >= 0.6 is 0 Å². The Hall–Kier alpha value is -3.05. The van der Waals surface area contributed by atoms with Crippen molar-refractivity contribution in [2.75, 3.05) is 18.4 Å². The SMILES string of the molecule is Cc1cc(C)c2cc(CNCCCNc3cc(=O)c4ccccc4[nH]3)[nH]c2c1. The summed E-state index contributed by atoms with van der Waals surface area (Å²) in [6, 6.07) is 15.8. The number of H-pyrrole nitrogens is 2. The summed E-state index contributed by atoms with van der Waals surface area (Å²) in [5.41, 5.74) is 5.90. The third kappa shape index (κ3) is 3.94. The Morgan fingerprint density at radius 3 is 2.64 bits per heavy atom. The van der Waals surface area contributed by atoms with E-state index in [1.807, 2.05) is 24.3 Å². The molecular formula is C23H26N4O. The Morgan fingerprint density at radius 1 is 0.893 bits per heavy atom. The number of nitrogens with one attached hydrogen (secondary N) is 4. The largest absolute Gasteiger partial charge is 0.371 e. The summed E-state index contributed by atoms with van der Waals surface area (Å²) >= 11 is 0. The van der Waals surface area contributed by atoms with Crippen molar-refractivity contribution in [2.45, 2.75) is 26.8 Å². The van der Waals surface area contributed by atoms with Gasteiger partial charge in [0.15, 0.2) is 5.43 Å². The summed E-state index contributed by atoms with van der Waals surface area (Å²) in [6.45, 7) is 6.80. The molecule has 28 heavy (non-hydrogen) atoms. The molecule has 0 aliphatic rings. The van der Waals surface area contributed by atoms with Gasteiger partial charge in [-0.05, 0) is 62.2 Å². The molecule has 2 aromatic carbocycles. The Labute approximate surface area is 164 Å². The summed E-state index contributed by atoms with van der Waals surface area (Å²) in [5.74, 6) is 0.769. The number of aryl methyl sites for hydroxylation is 2. The maximum absolute atomic E-state index is 12.1. The number of hydrogen-bond acceptors (Lipinski definition) is 3. The topological polar surface area (TPSA) is 72.7 Å². The zero-order valence-corrected chi connectivity index (χ0v) is 16.4. The van der Waals surface area contributed by atoms with Crippen LogP contribution in [0.1, 0.15) is 23.2 Å². The number of anilines is 1. The van der Waals surface area contributed by atoms with E-state index in [0.717, 1.165) is 42.8 Å². The first-order valence-electron chi connectivity index (χ1n) is 9.76. The van der Waals surface area contributed by atoms with Gasteiger partial charge in [-0.2, -0.15) is 0 Å². The van der Waals surface area contributed by atoms with E-state index in [-0.39, 0.29) is 5.43 Å². The molecule has 0 bridgehead atoms. The first-order valence-corrected chi connectivity index (χ1v) is 9.76. The van der Waals surface area contributed by atoms with Gasteiger partial charge in [0.2, 0.25) is 0 Å². The number of rotatable bonds is 7. The second-order valence-corrected chi connectivity index (χ2v) is 7.39. The molecule has 5 heteroatoms. The monoisotopic (exact) mass is 374 g/mol. The molecule has 0 atom stereocenters. The maximum Gasteiger partial charge on any atom is 0.191 e. The van der Waals surface area contributed by atoms with Gasteiger partial charge in [-0.3, -0.25) is 4.79 Å². The molecule has 4 N–H and O–H groups in total. The van der Waals surface area contributed by atoms with Crippen molar-refractivity contribution >= 4 is 27.6 Å². The van der Waals surface area contributed by atoms with Crippen LogP contribution in [-0.4, -0.2) is 23.1 Å². The average Bonchev–Trinajstić information content (AvgIpc) is 3.08. The summed E-state index contributed by atoms with van der Waals surface area (Å²) in [6.07, 6.45) is 0.965. The summed E-state index contributed by atoms with van der Waals surface area (Å²) in [4.78, 5) is 18.9. The van der Waals surface area contributed by atoms with Crippen LogP contribution in [0.5, 0.6) is 0 Å². The Kier molecular flexibility index (Phi) is 5.17. The molecule has 0 amide bonds. The molecule has 4 rings (SSSR count). The van der Waals surface area contributed by atoms with Crippen LogP contribution in [0.4, 0.5) is 5.82 Å². The van der Waals surface area contributed by atoms with E-state index in [4.69, 9.17) is 0 Å². The molecule has 0 fully saturated rings. The summed E-state index contributed by atoms with van der Waals surface area (Å²) < 4.78 is 0. The first kappa shape index (κ1) is 18.3. The average molecular weight is 374 g/mol. The Balaban J connectivity index is 1.26. The van der Waals surface area contributed by atoms with E-state index < -0.39 is 0 Å². The van der Waals surface area contributed by atoms with Gasteiger partial charge < -0.3 is 20.6 Å². The molecule has 0 saturated carbocycles. The molecule has 2 heterocycles. The predicted octanol–water partition coefficient (Wildman–Crippen LogP) is 4.22. The van der Waals surface area contributed by atoms with Crippen LogP contribution in [0.2, 0.25) is 0 Å². The van der Waals surface area contributed by atoms with Gasteiger partial charge in [0.1, 0.15) is 5.82 Å². The van der Waals surface area contributed by atoms with Crippen molar-refractivity contribution in [1.29, 1.82) is 0 Å². The number of benzene rings is 2. The highest BCUT2D eigenvalue weighted by molar-refractivity contribution is 5.84. The number of fused-ring (bicyclic) bond motifs is 2. The van der Waals surface area contributed by atoms with Crippen molar-refractivity contribution in [3.05, 3.63) is 75.6 Å². The highest BCUT2D eigenvalue weighted by Gasteiger charge is 2.04. The quantitative estimate of drug-likeness (QED) is 0.366. The van der Waals surface area contributed by atoms with Gasteiger partial charge in [0, 0.05) is 41.1 Å². The minimum Gasteiger partial charge on any atom is -0.371 e. The van der Waals surface area contributed by atoms with Gasteiger partial charge in [-0.25, -0.2) is 0 Å². The molecule has 2 aromatic heterocycles. The van der Waals surface area contributed by atoms with Crippen molar-refractivity contribution in [3.8, 4) is 0 Å². The van der Waals surface area contributed by atoms with Gasteiger partial charge in [0.05, 0.1) is 5.52 Å². The molecular weight excluding hydrogens is 348 g/mol. The molecule has 5 nitrogen and oxygen atoms in total. The van der Waals surface area contributed by atoms with Gasteiger partial charge in [-0.1, -0.05) is 18.2 Å². The number of para-hydroxylation sites is 1. The van der Waals surface area contributed by atoms with E-state index in [1.54, 1.807) is 6.07 Å². The van der Waals surface area contributed by atoms with Crippen molar-refractivity contribution < 1.29 is 0 Å². The molecule has 0 spiro atoms. The maximum atomic E-state index is 12.1. The number of aromatic amines is 2. The Morgan fingerprint density at radius 2 is 1.75 bits per heavy atom. The molecule has 0 unspecified atom stereocenters. The third-order valence-corrected chi connectivity index (χ3v) is 5.04. The lowest BCUT2D eigenvalue weighted by Gasteiger charge is -2.08. The van der Waals surface area contributed by atoms with Crippen molar-refractivity contribution in [3.63, 3.8) is 0 Å². The fraction of sp³-hybridized carbons (Fsp3) is 0.261. The lowest BCUT2D eigenvalue weighted by molar-refractivity contribution is 0.656. The molecule has 0 saturated heterocycles. The standard InChI is InChI=1S/C23H26N4O/c1-15-10-16(2)19-12-17(26-21(19)11-15)14-24-8-5-9-25-23-13-22(28)18-6-3-4-7-20(18)27-23/h3-4,6-7,10-13,24,26H,5,8-9,14H2,1-2H3,(H2,25,27,28). The summed E-state index contributed by atoms with van der Waals surface area (Å²) in [7, 11) is 0. The van der Waals surface area contributed by atoms with Crippen LogP contribution in [0.25, 0.3) is 21.8 Å². The van der Waals surface area contributed by atoms with Crippen LogP contribution in [-0.2, 0) is 6.54 Å². The predicted molar refractivity (Wildman–Crippen MR) is 117 cm³/mol.